The fourth-order valence-corrected chi connectivity index (χ4v) is 3.03. The number of halogens is 1. The summed E-state index contributed by atoms with van der Waals surface area (Å²) in [6.07, 6.45) is 1.96. The number of nitrogen functional groups attached to an aromatic ring is 1. The quantitative estimate of drug-likeness (QED) is 0.748. The third kappa shape index (κ3) is 4.61. The van der Waals surface area contributed by atoms with Gasteiger partial charge in [-0.25, -0.2) is 0 Å². The molecule has 2 aromatic carbocycles. The molecule has 3 N–H and O–H groups in total. The Morgan fingerprint density at radius 1 is 1.35 bits per heavy atom. The van der Waals surface area contributed by atoms with Crippen LogP contribution in [0.3, 0.4) is 0 Å². The van der Waals surface area contributed by atoms with Gasteiger partial charge in [-0.1, -0.05) is 18.2 Å². The summed E-state index contributed by atoms with van der Waals surface area (Å²) in [4.78, 5) is 12.4. The summed E-state index contributed by atoms with van der Waals surface area (Å²) in [7, 11) is 0. The van der Waals surface area contributed by atoms with Crippen LogP contribution in [0.2, 0.25) is 0 Å². The largest absolute Gasteiger partial charge is 0.492 e. The summed E-state index contributed by atoms with van der Waals surface area (Å²) in [5.41, 5.74) is 9.39. The molecule has 0 aliphatic carbocycles. The molecule has 1 aliphatic heterocycles. The summed E-state index contributed by atoms with van der Waals surface area (Å²) >= 11 is 0. The lowest BCUT2D eigenvalue weighted by atomic mass is 10.1. The van der Waals surface area contributed by atoms with E-state index >= 15 is 0 Å². The number of nitrogens with one attached hydrogen (secondary N) is 1. The first kappa shape index (κ1) is 19.9. The number of para-hydroxylation sites is 1. The molecule has 140 valence electrons. The summed E-state index contributed by atoms with van der Waals surface area (Å²) in [5, 5.41) is 2.94. The molecule has 0 fully saturated rings. The standard InChI is InChI=1S/C20H24N2O3.ClH/c1-3-24-19-11-15-10-13(2)25-18(15)12-17(19)22-20(23)9-8-14-6-4-5-7-16(14)21;/h4-7,11-13H,3,8-10,21H2,1-2H3,(H,22,23);1H. The number of anilines is 2. The number of ether oxygens (including phenoxy) is 2. The van der Waals surface area contributed by atoms with Crippen molar-refractivity contribution in [1.29, 1.82) is 0 Å². The van der Waals surface area contributed by atoms with E-state index < -0.39 is 0 Å². The van der Waals surface area contributed by atoms with Crippen molar-refractivity contribution in [2.75, 3.05) is 17.7 Å². The number of carbonyl (C=O) groups is 1. The average Bonchev–Trinajstić information content (AvgIpc) is 2.93. The van der Waals surface area contributed by atoms with Gasteiger partial charge in [-0.3, -0.25) is 4.79 Å². The highest BCUT2D eigenvalue weighted by molar-refractivity contribution is 5.93. The number of amides is 1. The van der Waals surface area contributed by atoms with Gasteiger partial charge in [0.1, 0.15) is 17.6 Å². The first-order valence-electron chi connectivity index (χ1n) is 8.66. The number of aryl methyl sites for hydroxylation is 1. The van der Waals surface area contributed by atoms with Gasteiger partial charge in [-0.2, -0.15) is 0 Å². The van der Waals surface area contributed by atoms with Crippen LogP contribution in [0.1, 0.15) is 31.4 Å². The zero-order valence-corrected chi connectivity index (χ0v) is 15.9. The number of hydrogen-bond acceptors (Lipinski definition) is 4. The van der Waals surface area contributed by atoms with Crippen molar-refractivity contribution in [2.24, 2.45) is 0 Å². The average molecular weight is 377 g/mol. The Bertz CT molecular complexity index is 780. The van der Waals surface area contributed by atoms with Gasteiger partial charge in [-0.15, -0.1) is 12.4 Å². The molecule has 1 heterocycles. The molecule has 3 rings (SSSR count). The highest BCUT2D eigenvalue weighted by Crippen LogP contribution is 2.38. The predicted molar refractivity (Wildman–Crippen MR) is 106 cm³/mol. The molecule has 1 amide bonds. The summed E-state index contributed by atoms with van der Waals surface area (Å²) < 4.78 is 11.5. The molecule has 0 saturated heterocycles. The van der Waals surface area contributed by atoms with Crippen LogP contribution in [0, 0.1) is 0 Å². The predicted octanol–water partition coefficient (Wildman–Crippen LogP) is 3.98. The number of fused-ring (bicyclic) bond motifs is 1. The number of carbonyl (C=O) groups excluding carboxylic acids is 1. The second-order valence-electron chi connectivity index (χ2n) is 6.27. The monoisotopic (exact) mass is 376 g/mol. The summed E-state index contributed by atoms with van der Waals surface area (Å²) in [6.45, 7) is 4.50. The van der Waals surface area contributed by atoms with Gasteiger partial charge in [0, 0.05) is 30.2 Å². The Morgan fingerprint density at radius 2 is 2.12 bits per heavy atom. The first-order chi connectivity index (χ1) is 12.1. The van der Waals surface area contributed by atoms with E-state index in [-0.39, 0.29) is 24.4 Å². The molecular weight excluding hydrogens is 352 g/mol. The Hall–Kier alpha value is -2.40. The minimum Gasteiger partial charge on any atom is -0.492 e. The zero-order valence-electron chi connectivity index (χ0n) is 15.1. The van der Waals surface area contributed by atoms with Crippen LogP contribution in [0.15, 0.2) is 36.4 Å². The SMILES string of the molecule is CCOc1cc2c(cc1NC(=O)CCc1ccccc1N)OC(C)C2.Cl. The van der Waals surface area contributed by atoms with Gasteiger partial charge >= 0.3 is 0 Å². The van der Waals surface area contributed by atoms with Crippen LogP contribution in [-0.2, 0) is 17.6 Å². The highest BCUT2D eigenvalue weighted by atomic mass is 35.5. The van der Waals surface area contributed by atoms with Crippen LogP contribution in [-0.4, -0.2) is 18.6 Å². The number of benzene rings is 2. The van der Waals surface area contributed by atoms with Crippen molar-refractivity contribution < 1.29 is 14.3 Å². The van der Waals surface area contributed by atoms with E-state index in [0.29, 0.717) is 36.6 Å². The fourth-order valence-electron chi connectivity index (χ4n) is 3.03. The topological polar surface area (TPSA) is 73.6 Å². The van der Waals surface area contributed by atoms with E-state index in [4.69, 9.17) is 15.2 Å². The van der Waals surface area contributed by atoms with Crippen LogP contribution in [0.5, 0.6) is 11.5 Å². The summed E-state index contributed by atoms with van der Waals surface area (Å²) in [5.74, 6) is 1.43. The maximum Gasteiger partial charge on any atom is 0.224 e. The molecule has 26 heavy (non-hydrogen) atoms. The van der Waals surface area contributed by atoms with Crippen molar-refractivity contribution in [2.45, 2.75) is 39.2 Å². The van der Waals surface area contributed by atoms with E-state index in [1.807, 2.05) is 50.2 Å². The summed E-state index contributed by atoms with van der Waals surface area (Å²) in [6, 6.07) is 11.4. The van der Waals surface area contributed by atoms with Crippen LogP contribution >= 0.6 is 12.4 Å². The van der Waals surface area contributed by atoms with Gasteiger partial charge in [0.05, 0.1) is 12.3 Å². The van der Waals surface area contributed by atoms with Gasteiger partial charge in [-0.05, 0) is 38.0 Å². The van der Waals surface area contributed by atoms with E-state index in [2.05, 4.69) is 5.32 Å². The van der Waals surface area contributed by atoms with Crippen LogP contribution in [0.4, 0.5) is 11.4 Å². The Balaban J connectivity index is 0.00000243. The molecule has 0 aromatic heterocycles. The molecule has 6 heteroatoms. The van der Waals surface area contributed by atoms with Crippen LogP contribution < -0.4 is 20.5 Å². The third-order valence-corrected chi connectivity index (χ3v) is 4.25. The Morgan fingerprint density at radius 3 is 2.85 bits per heavy atom. The minimum absolute atomic E-state index is 0. The molecular formula is C20H25ClN2O3. The van der Waals surface area contributed by atoms with E-state index in [1.165, 1.54) is 0 Å². The second kappa shape index (κ2) is 8.81. The minimum atomic E-state index is -0.0739. The molecule has 0 spiro atoms. The molecule has 0 bridgehead atoms. The van der Waals surface area contributed by atoms with Crippen LogP contribution in [0.25, 0.3) is 0 Å². The van der Waals surface area contributed by atoms with E-state index in [1.54, 1.807) is 0 Å². The van der Waals surface area contributed by atoms with Crippen molar-refractivity contribution in [3.63, 3.8) is 0 Å². The molecule has 0 radical (unpaired) electrons. The normalized spacial score (nSPS) is 14.8. The Labute approximate surface area is 160 Å². The van der Waals surface area contributed by atoms with Gasteiger partial charge < -0.3 is 20.5 Å². The Kier molecular flexibility index (Phi) is 6.75. The molecule has 1 aliphatic rings. The van der Waals surface area contributed by atoms with Gasteiger partial charge in [0.25, 0.3) is 0 Å². The first-order valence-corrected chi connectivity index (χ1v) is 8.66. The fraction of sp³-hybridized carbons (Fsp3) is 0.350. The lowest BCUT2D eigenvalue weighted by Gasteiger charge is -2.14. The second-order valence-corrected chi connectivity index (χ2v) is 6.27. The number of nitrogens with two attached hydrogens (primary N) is 1. The van der Waals surface area contributed by atoms with Gasteiger partial charge in [0.2, 0.25) is 5.91 Å². The van der Waals surface area contributed by atoms with Gasteiger partial charge in [0.15, 0.2) is 0 Å². The maximum atomic E-state index is 12.4. The zero-order chi connectivity index (χ0) is 17.8. The number of rotatable bonds is 6. The third-order valence-electron chi connectivity index (χ3n) is 4.25. The van der Waals surface area contributed by atoms with E-state index in [0.717, 1.165) is 23.3 Å². The highest BCUT2D eigenvalue weighted by Gasteiger charge is 2.22. The number of hydrogen-bond donors (Lipinski definition) is 2. The maximum absolute atomic E-state index is 12.4. The molecule has 5 nitrogen and oxygen atoms in total. The van der Waals surface area contributed by atoms with Crippen molar-refractivity contribution in [1.82, 2.24) is 0 Å². The molecule has 2 aromatic rings. The lowest BCUT2D eigenvalue weighted by molar-refractivity contribution is -0.116. The molecule has 1 unspecified atom stereocenters. The molecule has 1 atom stereocenters. The van der Waals surface area contributed by atoms with Crippen molar-refractivity contribution in [3.05, 3.63) is 47.5 Å². The molecule has 0 saturated carbocycles. The lowest BCUT2D eigenvalue weighted by Crippen LogP contribution is -2.14. The smallest absolute Gasteiger partial charge is 0.224 e. The van der Waals surface area contributed by atoms with Crippen molar-refractivity contribution >= 4 is 29.7 Å². The van der Waals surface area contributed by atoms with Crippen molar-refractivity contribution in [3.8, 4) is 11.5 Å². The van der Waals surface area contributed by atoms with E-state index in [9.17, 15) is 4.79 Å².